The number of pyridine rings is 2. The van der Waals surface area contributed by atoms with Crippen LogP contribution >= 0.6 is 0 Å². The largest absolute Gasteiger partial charge is 0.371 e. The van der Waals surface area contributed by atoms with Gasteiger partial charge in [0, 0.05) is 32.6 Å². The third-order valence-corrected chi connectivity index (χ3v) is 5.11. The lowest BCUT2D eigenvalue weighted by Gasteiger charge is -2.16. The number of H-pyrrole nitrogens is 1. The third kappa shape index (κ3) is 2.23. The Morgan fingerprint density at radius 3 is 2.81 bits per heavy atom. The molecule has 0 bridgehead atoms. The molecule has 132 valence electrons. The summed E-state index contributed by atoms with van der Waals surface area (Å²) in [6.45, 7) is 2.18. The molecule has 0 atom stereocenters. The molecule has 5 heterocycles. The number of aryl methyl sites for hydroxylation is 1. The van der Waals surface area contributed by atoms with Crippen LogP contribution in [0.5, 0.6) is 0 Å². The number of hydrogen-bond acceptors (Lipinski definition) is 5. The Hall–Kier alpha value is -3.09. The lowest BCUT2D eigenvalue weighted by molar-refractivity contribution is 0.938. The van der Waals surface area contributed by atoms with E-state index in [1.54, 1.807) is 0 Å². The van der Waals surface area contributed by atoms with Crippen molar-refractivity contribution in [3.8, 4) is 11.4 Å². The van der Waals surface area contributed by atoms with Gasteiger partial charge in [0.15, 0.2) is 5.82 Å². The number of nitrogens with one attached hydrogen (secondary N) is 2. The van der Waals surface area contributed by atoms with Crippen LogP contribution in [0.2, 0.25) is 0 Å². The maximum Gasteiger partial charge on any atom is 0.156 e. The van der Waals surface area contributed by atoms with Crippen LogP contribution in [-0.4, -0.2) is 44.6 Å². The summed E-state index contributed by atoms with van der Waals surface area (Å²) in [4.78, 5) is 19.9. The van der Waals surface area contributed by atoms with Crippen molar-refractivity contribution in [2.45, 2.75) is 12.8 Å². The molecule has 0 radical (unpaired) electrons. The van der Waals surface area contributed by atoms with Gasteiger partial charge in [-0.05, 0) is 31.0 Å². The van der Waals surface area contributed by atoms with E-state index in [0.29, 0.717) is 0 Å². The van der Waals surface area contributed by atoms with Gasteiger partial charge < -0.3 is 19.8 Å². The van der Waals surface area contributed by atoms with E-state index >= 15 is 0 Å². The molecule has 5 rings (SSSR count). The second-order valence-electron chi connectivity index (χ2n) is 6.78. The van der Waals surface area contributed by atoms with E-state index in [-0.39, 0.29) is 0 Å². The Morgan fingerprint density at radius 2 is 2.00 bits per heavy atom. The molecule has 26 heavy (non-hydrogen) atoms. The summed E-state index contributed by atoms with van der Waals surface area (Å²) in [5.41, 5.74) is 4.70. The van der Waals surface area contributed by atoms with Crippen molar-refractivity contribution in [1.29, 1.82) is 0 Å². The molecule has 0 spiro atoms. The highest BCUT2D eigenvalue weighted by molar-refractivity contribution is 6.07. The predicted molar refractivity (Wildman–Crippen MR) is 105 cm³/mol. The van der Waals surface area contributed by atoms with Crippen LogP contribution in [0.1, 0.15) is 12.8 Å². The number of aromatic amines is 1. The van der Waals surface area contributed by atoms with Crippen LogP contribution in [0.4, 0.5) is 11.6 Å². The van der Waals surface area contributed by atoms with Crippen LogP contribution in [0, 0.1) is 0 Å². The molecule has 0 aromatic carbocycles. The Balaban J connectivity index is 1.67. The molecule has 0 unspecified atom stereocenters. The van der Waals surface area contributed by atoms with Crippen LogP contribution < -0.4 is 10.2 Å². The minimum absolute atomic E-state index is 0.778. The van der Waals surface area contributed by atoms with Crippen LogP contribution in [0.3, 0.4) is 0 Å². The molecule has 2 N–H and O–H groups in total. The van der Waals surface area contributed by atoms with E-state index in [0.717, 1.165) is 58.2 Å². The van der Waals surface area contributed by atoms with Crippen molar-refractivity contribution in [2.24, 2.45) is 7.05 Å². The summed E-state index contributed by atoms with van der Waals surface area (Å²) >= 11 is 0. The first-order chi connectivity index (χ1) is 12.7. The Morgan fingerprint density at radius 1 is 1.15 bits per heavy atom. The lowest BCUT2D eigenvalue weighted by Crippen LogP contribution is -2.18. The molecule has 0 saturated carbocycles. The quantitative estimate of drug-likeness (QED) is 0.595. The van der Waals surface area contributed by atoms with Gasteiger partial charge in [-0.15, -0.1) is 0 Å². The highest BCUT2D eigenvalue weighted by Gasteiger charge is 2.17. The number of nitrogens with zero attached hydrogens (tertiary/aromatic N) is 5. The number of fused-ring (bicyclic) bond motifs is 3. The molecule has 4 aromatic rings. The summed E-state index contributed by atoms with van der Waals surface area (Å²) in [6, 6.07) is 8.34. The van der Waals surface area contributed by atoms with Crippen molar-refractivity contribution < 1.29 is 0 Å². The van der Waals surface area contributed by atoms with Gasteiger partial charge >= 0.3 is 0 Å². The van der Waals surface area contributed by atoms with Gasteiger partial charge in [-0.1, -0.05) is 6.07 Å². The first kappa shape index (κ1) is 15.2. The van der Waals surface area contributed by atoms with Crippen molar-refractivity contribution >= 4 is 33.7 Å². The van der Waals surface area contributed by atoms with Gasteiger partial charge in [0.2, 0.25) is 0 Å². The van der Waals surface area contributed by atoms with Gasteiger partial charge in [0.1, 0.15) is 17.0 Å². The Kier molecular flexibility index (Phi) is 3.34. The smallest absolute Gasteiger partial charge is 0.156 e. The molecule has 1 saturated heterocycles. The van der Waals surface area contributed by atoms with Crippen LogP contribution in [0.25, 0.3) is 33.5 Å². The number of aromatic nitrogens is 5. The van der Waals surface area contributed by atoms with E-state index in [1.807, 2.05) is 31.1 Å². The fraction of sp³-hybridized carbons (Fsp3) is 0.316. The summed E-state index contributed by atoms with van der Waals surface area (Å²) in [7, 11) is 3.88. The van der Waals surface area contributed by atoms with Crippen molar-refractivity contribution in [2.75, 3.05) is 30.4 Å². The van der Waals surface area contributed by atoms with Crippen LogP contribution in [0.15, 0.2) is 30.6 Å². The van der Waals surface area contributed by atoms with E-state index < -0.39 is 0 Å². The summed E-state index contributed by atoms with van der Waals surface area (Å²) in [6.07, 6.45) is 4.31. The fourth-order valence-corrected chi connectivity index (χ4v) is 3.81. The monoisotopic (exact) mass is 347 g/mol. The van der Waals surface area contributed by atoms with E-state index in [1.165, 1.54) is 12.8 Å². The molecule has 0 aliphatic carbocycles. The van der Waals surface area contributed by atoms with Gasteiger partial charge in [-0.25, -0.2) is 15.0 Å². The SMILES string of the molecule is CNc1nc2[nH]c(-c3cccc(N4CCCC4)n3)cc2c2c1ncn2C. The summed E-state index contributed by atoms with van der Waals surface area (Å²) in [5.74, 6) is 1.83. The first-order valence-corrected chi connectivity index (χ1v) is 8.98. The third-order valence-electron chi connectivity index (χ3n) is 5.11. The number of imidazole rings is 1. The standard InChI is InChI=1S/C19H21N7/c1-20-19-16-17(25(2)11-21-16)12-10-14(23-18(12)24-19)13-6-5-7-15(22-13)26-8-3-4-9-26/h5-7,10-11H,3-4,8-9H2,1-2H3,(H2,20,23,24). The zero-order chi connectivity index (χ0) is 17.7. The molecule has 7 heteroatoms. The van der Waals surface area contributed by atoms with Crippen molar-refractivity contribution in [3.05, 3.63) is 30.6 Å². The molecule has 0 amide bonds. The minimum atomic E-state index is 0.778. The van der Waals surface area contributed by atoms with Crippen LogP contribution in [-0.2, 0) is 7.05 Å². The lowest BCUT2D eigenvalue weighted by atomic mass is 10.2. The van der Waals surface area contributed by atoms with Gasteiger partial charge in [-0.2, -0.15) is 0 Å². The van der Waals surface area contributed by atoms with E-state index in [4.69, 9.17) is 9.97 Å². The molecule has 1 aliphatic rings. The Labute approximate surface area is 151 Å². The molecule has 1 fully saturated rings. The maximum atomic E-state index is 4.88. The van der Waals surface area contributed by atoms with E-state index in [9.17, 15) is 0 Å². The topological polar surface area (TPSA) is 74.7 Å². The van der Waals surface area contributed by atoms with E-state index in [2.05, 4.69) is 38.4 Å². The van der Waals surface area contributed by atoms with Gasteiger partial charge in [0.05, 0.1) is 23.2 Å². The normalized spacial score (nSPS) is 14.6. The molecule has 7 nitrogen and oxygen atoms in total. The van der Waals surface area contributed by atoms with Crippen molar-refractivity contribution in [1.82, 2.24) is 24.5 Å². The Bertz CT molecular complexity index is 1100. The fourth-order valence-electron chi connectivity index (χ4n) is 3.81. The molecular formula is C19H21N7. The highest BCUT2D eigenvalue weighted by Crippen LogP contribution is 2.31. The zero-order valence-electron chi connectivity index (χ0n) is 15.0. The minimum Gasteiger partial charge on any atom is -0.371 e. The predicted octanol–water partition coefficient (Wildman–Crippen LogP) is 3.15. The second kappa shape index (κ2) is 5.72. The zero-order valence-corrected chi connectivity index (χ0v) is 15.0. The number of anilines is 2. The van der Waals surface area contributed by atoms with Gasteiger partial charge in [-0.3, -0.25) is 0 Å². The molecule has 1 aliphatic heterocycles. The van der Waals surface area contributed by atoms with Gasteiger partial charge in [0.25, 0.3) is 0 Å². The maximum absolute atomic E-state index is 4.88. The highest BCUT2D eigenvalue weighted by atomic mass is 15.2. The molecular weight excluding hydrogens is 326 g/mol. The summed E-state index contributed by atoms with van der Waals surface area (Å²) in [5, 5.41) is 4.20. The number of hydrogen-bond donors (Lipinski definition) is 2. The van der Waals surface area contributed by atoms with Crippen molar-refractivity contribution in [3.63, 3.8) is 0 Å². The molecule has 4 aromatic heterocycles. The first-order valence-electron chi connectivity index (χ1n) is 8.98. The second-order valence-corrected chi connectivity index (χ2v) is 6.78. The average molecular weight is 347 g/mol. The summed E-state index contributed by atoms with van der Waals surface area (Å²) < 4.78 is 2.03. The average Bonchev–Trinajstić information content (AvgIpc) is 3.40. The number of rotatable bonds is 3.